The average molecular weight is 588 g/mol. The van der Waals surface area contributed by atoms with E-state index < -0.39 is 39.9 Å². The Morgan fingerprint density at radius 1 is 0.975 bits per heavy atom. The van der Waals surface area contributed by atoms with Crippen molar-refractivity contribution >= 4 is 39.1 Å². The fraction of sp³-hybridized carbons (Fsp3) is 0.333. The van der Waals surface area contributed by atoms with E-state index in [2.05, 4.69) is 5.32 Å². The second kappa shape index (κ2) is 12.8. The molecule has 2 amide bonds. The van der Waals surface area contributed by atoms with E-state index in [1.807, 2.05) is 20.8 Å². The number of sulfonamides is 1. The molecule has 0 radical (unpaired) electrons. The van der Waals surface area contributed by atoms with Crippen LogP contribution < -0.4 is 9.62 Å². The van der Waals surface area contributed by atoms with Crippen LogP contribution in [0.15, 0.2) is 77.7 Å². The Hall–Kier alpha value is -3.43. The Labute approximate surface area is 241 Å². The van der Waals surface area contributed by atoms with Gasteiger partial charge >= 0.3 is 0 Å². The molecule has 0 fully saturated rings. The van der Waals surface area contributed by atoms with E-state index >= 15 is 0 Å². The number of carbonyl (C=O) groups is 2. The van der Waals surface area contributed by atoms with Gasteiger partial charge < -0.3 is 10.2 Å². The second-order valence-corrected chi connectivity index (χ2v) is 12.9. The van der Waals surface area contributed by atoms with Crippen molar-refractivity contribution in [3.8, 4) is 0 Å². The first-order valence-corrected chi connectivity index (χ1v) is 14.7. The van der Waals surface area contributed by atoms with Crippen molar-refractivity contribution in [1.29, 1.82) is 0 Å². The molecule has 10 heteroatoms. The van der Waals surface area contributed by atoms with Crippen LogP contribution in [0.1, 0.15) is 45.2 Å². The highest BCUT2D eigenvalue weighted by Gasteiger charge is 2.35. The minimum absolute atomic E-state index is 0.0161. The Kier molecular flexibility index (Phi) is 9.97. The lowest BCUT2D eigenvalue weighted by molar-refractivity contribution is -0.141. The molecule has 3 aromatic carbocycles. The molecule has 3 aromatic rings. The average Bonchev–Trinajstić information content (AvgIpc) is 2.88. The van der Waals surface area contributed by atoms with Gasteiger partial charge in [0.1, 0.15) is 18.4 Å². The zero-order valence-electron chi connectivity index (χ0n) is 23.3. The zero-order valence-corrected chi connectivity index (χ0v) is 24.9. The first-order valence-electron chi connectivity index (χ1n) is 12.9. The third kappa shape index (κ3) is 7.82. The van der Waals surface area contributed by atoms with E-state index in [0.717, 1.165) is 4.31 Å². The normalized spacial score (nSPS) is 12.5. The fourth-order valence-corrected chi connectivity index (χ4v) is 5.85. The van der Waals surface area contributed by atoms with Crippen LogP contribution in [0, 0.1) is 12.7 Å². The van der Waals surface area contributed by atoms with Crippen LogP contribution in [0.3, 0.4) is 0 Å². The monoisotopic (exact) mass is 587 g/mol. The summed E-state index contributed by atoms with van der Waals surface area (Å²) in [7, 11) is -4.20. The molecule has 0 unspecified atom stereocenters. The molecule has 0 saturated heterocycles. The second-order valence-electron chi connectivity index (χ2n) is 10.6. The molecule has 3 rings (SSSR count). The molecule has 214 valence electrons. The summed E-state index contributed by atoms with van der Waals surface area (Å²) in [4.78, 5) is 28.7. The van der Waals surface area contributed by atoms with E-state index in [0.29, 0.717) is 21.8 Å². The van der Waals surface area contributed by atoms with Gasteiger partial charge in [0.25, 0.3) is 10.0 Å². The van der Waals surface area contributed by atoms with Crippen molar-refractivity contribution < 1.29 is 22.4 Å². The number of para-hydroxylation sites is 1. The van der Waals surface area contributed by atoms with Gasteiger partial charge in [-0.2, -0.15) is 0 Å². The van der Waals surface area contributed by atoms with Crippen LogP contribution in [-0.4, -0.2) is 43.3 Å². The summed E-state index contributed by atoms with van der Waals surface area (Å²) in [5.74, 6) is -1.38. The molecule has 1 atom stereocenters. The van der Waals surface area contributed by atoms with Gasteiger partial charge in [-0.05, 0) is 87.7 Å². The number of hydrogen-bond acceptors (Lipinski definition) is 4. The SMILES string of the molecule is CC[C@@H](C(=O)NC(C)(C)C)N(Cc1ccc(F)cc1)C(=O)CN(c1ccccc1C)S(=O)(=O)c1ccc(Cl)cc1. The number of nitrogens with zero attached hydrogens (tertiary/aromatic N) is 2. The number of anilines is 1. The summed E-state index contributed by atoms with van der Waals surface area (Å²) in [6, 6.07) is 17.3. The third-order valence-corrected chi connectivity index (χ3v) is 8.24. The Bertz CT molecular complexity index is 1440. The lowest BCUT2D eigenvalue weighted by Gasteiger charge is -2.35. The topological polar surface area (TPSA) is 86.8 Å². The number of amides is 2. The smallest absolute Gasteiger partial charge is 0.264 e. The molecule has 0 spiro atoms. The summed E-state index contributed by atoms with van der Waals surface area (Å²) in [6.45, 7) is 8.47. The highest BCUT2D eigenvalue weighted by Crippen LogP contribution is 2.28. The standard InChI is InChI=1S/C30H35ClFN3O4S/c1-6-26(29(37)33-30(3,4)5)34(19-22-11-15-24(32)16-12-22)28(36)20-35(27-10-8-7-9-21(27)2)40(38,39)25-17-13-23(31)14-18-25/h7-18,26H,6,19-20H2,1-5H3,(H,33,37)/t26-/m0/s1. The summed E-state index contributed by atoms with van der Waals surface area (Å²) < 4.78 is 42.5. The van der Waals surface area contributed by atoms with Crippen LogP contribution >= 0.6 is 11.6 Å². The van der Waals surface area contributed by atoms with Crippen LogP contribution in [0.5, 0.6) is 0 Å². The van der Waals surface area contributed by atoms with Gasteiger partial charge in [0.15, 0.2) is 0 Å². The molecule has 7 nitrogen and oxygen atoms in total. The molecule has 40 heavy (non-hydrogen) atoms. The number of carbonyl (C=O) groups excluding carboxylic acids is 2. The summed E-state index contributed by atoms with van der Waals surface area (Å²) in [5.41, 5.74) is 1.02. The zero-order chi connectivity index (χ0) is 29.7. The summed E-state index contributed by atoms with van der Waals surface area (Å²) in [6.07, 6.45) is 0.281. The minimum Gasteiger partial charge on any atom is -0.350 e. The van der Waals surface area contributed by atoms with Gasteiger partial charge in [0.05, 0.1) is 10.6 Å². The fourth-order valence-electron chi connectivity index (χ4n) is 4.25. The molecule has 1 N–H and O–H groups in total. The van der Waals surface area contributed by atoms with Gasteiger partial charge in [0.2, 0.25) is 11.8 Å². The van der Waals surface area contributed by atoms with E-state index in [1.165, 1.54) is 53.4 Å². The van der Waals surface area contributed by atoms with Crippen LogP contribution in [-0.2, 0) is 26.2 Å². The third-order valence-electron chi connectivity index (χ3n) is 6.21. The predicted molar refractivity (Wildman–Crippen MR) is 156 cm³/mol. The maximum atomic E-state index is 14.1. The predicted octanol–water partition coefficient (Wildman–Crippen LogP) is 5.70. The largest absolute Gasteiger partial charge is 0.350 e. The lowest BCUT2D eigenvalue weighted by atomic mass is 10.1. The van der Waals surface area contributed by atoms with Crippen molar-refractivity contribution in [3.63, 3.8) is 0 Å². The molecule has 0 saturated carbocycles. The number of nitrogens with one attached hydrogen (secondary N) is 1. The van der Waals surface area contributed by atoms with Gasteiger partial charge in [-0.1, -0.05) is 48.9 Å². The molecule has 0 heterocycles. The minimum atomic E-state index is -4.20. The van der Waals surface area contributed by atoms with Crippen LogP contribution in [0.25, 0.3) is 0 Å². The molecular weight excluding hydrogens is 553 g/mol. The van der Waals surface area contributed by atoms with Crippen LogP contribution in [0.2, 0.25) is 5.02 Å². The maximum absolute atomic E-state index is 14.1. The molecule has 0 aliphatic heterocycles. The Balaban J connectivity index is 2.08. The van der Waals surface area contributed by atoms with E-state index in [9.17, 15) is 22.4 Å². The van der Waals surface area contributed by atoms with Gasteiger partial charge in [-0.3, -0.25) is 13.9 Å². The van der Waals surface area contributed by atoms with Crippen molar-refractivity contribution in [2.24, 2.45) is 0 Å². The number of halogens is 2. The summed E-state index contributed by atoms with van der Waals surface area (Å²) >= 11 is 5.99. The molecule has 0 aliphatic carbocycles. The van der Waals surface area contributed by atoms with E-state index in [1.54, 1.807) is 38.1 Å². The molecule has 0 aromatic heterocycles. The number of benzene rings is 3. The molecular formula is C30H35ClFN3O4S. The van der Waals surface area contributed by atoms with Crippen molar-refractivity contribution in [3.05, 3.63) is 94.8 Å². The number of aryl methyl sites for hydroxylation is 1. The Morgan fingerprint density at radius 2 is 1.57 bits per heavy atom. The maximum Gasteiger partial charge on any atom is 0.264 e. The van der Waals surface area contributed by atoms with Crippen molar-refractivity contribution in [1.82, 2.24) is 10.2 Å². The number of hydrogen-bond donors (Lipinski definition) is 1. The van der Waals surface area contributed by atoms with Crippen LogP contribution in [0.4, 0.5) is 10.1 Å². The Morgan fingerprint density at radius 3 is 2.12 bits per heavy atom. The van der Waals surface area contributed by atoms with Crippen molar-refractivity contribution in [2.75, 3.05) is 10.8 Å². The molecule has 0 aliphatic rings. The summed E-state index contributed by atoms with van der Waals surface area (Å²) in [5, 5.41) is 3.29. The number of rotatable bonds is 10. The van der Waals surface area contributed by atoms with Gasteiger partial charge in [-0.25, -0.2) is 12.8 Å². The van der Waals surface area contributed by atoms with Gasteiger partial charge in [-0.15, -0.1) is 0 Å². The quantitative estimate of drug-likeness (QED) is 0.329. The molecule has 0 bridgehead atoms. The van der Waals surface area contributed by atoms with Gasteiger partial charge in [0, 0.05) is 17.1 Å². The highest BCUT2D eigenvalue weighted by molar-refractivity contribution is 7.92. The first kappa shape index (κ1) is 31.1. The van der Waals surface area contributed by atoms with E-state index in [-0.39, 0.29) is 23.8 Å². The van der Waals surface area contributed by atoms with E-state index in [4.69, 9.17) is 11.6 Å². The lowest BCUT2D eigenvalue weighted by Crippen LogP contribution is -2.55. The highest BCUT2D eigenvalue weighted by atomic mass is 35.5. The van der Waals surface area contributed by atoms with Crippen molar-refractivity contribution in [2.45, 2.75) is 64.1 Å². The first-order chi connectivity index (χ1) is 18.7.